The highest BCUT2D eigenvalue weighted by molar-refractivity contribution is 5.94. The monoisotopic (exact) mass is 315 g/mol. The second-order valence-electron chi connectivity index (χ2n) is 5.32. The number of ether oxygens (including phenoxy) is 1. The topological polar surface area (TPSA) is 86.3 Å². The number of nitrogens with two attached hydrogens (primary N) is 1. The number of halogens is 1. The molecule has 0 unspecified atom stereocenters. The van der Waals surface area contributed by atoms with Gasteiger partial charge in [-0.25, -0.2) is 4.79 Å². The lowest BCUT2D eigenvalue weighted by molar-refractivity contribution is -0.117. The molecule has 0 radical (unpaired) electrons. The number of amides is 1. The Bertz CT molecular complexity index is 516. The number of rotatable bonds is 4. The molecule has 1 fully saturated rings. The minimum atomic E-state index is -0.425. The SMILES string of the molecule is COC(=O)c1cc(NC(=O)C[C@@H]2CCC[C@H]2N)cn1C.Cl. The van der Waals surface area contributed by atoms with Crippen molar-refractivity contribution in [3.05, 3.63) is 18.0 Å². The molecule has 1 aliphatic carbocycles. The van der Waals surface area contributed by atoms with Gasteiger partial charge in [-0.1, -0.05) is 6.42 Å². The summed E-state index contributed by atoms with van der Waals surface area (Å²) in [5.74, 6) is -0.223. The molecule has 0 bridgehead atoms. The van der Waals surface area contributed by atoms with Crippen molar-refractivity contribution in [1.82, 2.24) is 4.57 Å². The van der Waals surface area contributed by atoms with Crippen molar-refractivity contribution < 1.29 is 14.3 Å². The molecule has 3 N–H and O–H groups in total. The van der Waals surface area contributed by atoms with Crippen LogP contribution in [0.4, 0.5) is 5.69 Å². The first-order chi connectivity index (χ1) is 9.51. The minimum Gasteiger partial charge on any atom is -0.464 e. The smallest absolute Gasteiger partial charge is 0.354 e. The number of nitrogens with one attached hydrogen (secondary N) is 1. The van der Waals surface area contributed by atoms with Crippen LogP contribution in [0.3, 0.4) is 0 Å². The van der Waals surface area contributed by atoms with Crippen molar-refractivity contribution >= 4 is 30.0 Å². The van der Waals surface area contributed by atoms with Crippen LogP contribution in [-0.2, 0) is 16.6 Å². The van der Waals surface area contributed by atoms with E-state index >= 15 is 0 Å². The third-order valence-corrected chi connectivity index (χ3v) is 3.85. The van der Waals surface area contributed by atoms with E-state index in [4.69, 9.17) is 5.73 Å². The first-order valence-electron chi connectivity index (χ1n) is 6.81. The normalized spacial score (nSPS) is 20.7. The quantitative estimate of drug-likeness (QED) is 0.828. The van der Waals surface area contributed by atoms with E-state index < -0.39 is 5.97 Å². The summed E-state index contributed by atoms with van der Waals surface area (Å²) in [6.07, 6.45) is 5.23. The number of anilines is 1. The van der Waals surface area contributed by atoms with E-state index in [0.717, 1.165) is 19.3 Å². The van der Waals surface area contributed by atoms with E-state index in [-0.39, 0.29) is 30.3 Å². The van der Waals surface area contributed by atoms with Crippen LogP contribution in [0.25, 0.3) is 0 Å². The van der Waals surface area contributed by atoms with Crippen molar-refractivity contribution in [3.63, 3.8) is 0 Å². The van der Waals surface area contributed by atoms with Gasteiger partial charge < -0.3 is 20.4 Å². The van der Waals surface area contributed by atoms with Gasteiger partial charge in [-0.05, 0) is 24.8 Å². The summed E-state index contributed by atoms with van der Waals surface area (Å²) < 4.78 is 6.30. The summed E-state index contributed by atoms with van der Waals surface area (Å²) in [7, 11) is 3.06. The third kappa shape index (κ3) is 4.22. The van der Waals surface area contributed by atoms with Crippen LogP contribution in [0, 0.1) is 5.92 Å². The Labute approximate surface area is 130 Å². The summed E-state index contributed by atoms with van der Waals surface area (Å²) in [5.41, 5.74) is 6.97. The van der Waals surface area contributed by atoms with Gasteiger partial charge in [0.15, 0.2) is 0 Å². The fourth-order valence-electron chi connectivity index (χ4n) is 2.71. The number of methoxy groups -OCH3 is 1. The third-order valence-electron chi connectivity index (χ3n) is 3.85. The fraction of sp³-hybridized carbons (Fsp3) is 0.571. The van der Waals surface area contributed by atoms with E-state index in [9.17, 15) is 9.59 Å². The summed E-state index contributed by atoms with van der Waals surface area (Å²) >= 11 is 0. The highest BCUT2D eigenvalue weighted by Crippen LogP contribution is 2.27. The van der Waals surface area contributed by atoms with E-state index in [1.165, 1.54) is 7.11 Å². The van der Waals surface area contributed by atoms with Crippen LogP contribution in [-0.4, -0.2) is 29.6 Å². The molecule has 2 atom stereocenters. The molecule has 1 aliphatic rings. The van der Waals surface area contributed by atoms with Gasteiger partial charge in [0.25, 0.3) is 0 Å². The number of aromatic nitrogens is 1. The Morgan fingerprint density at radius 1 is 1.48 bits per heavy atom. The van der Waals surface area contributed by atoms with E-state index in [1.807, 2.05) is 0 Å². The van der Waals surface area contributed by atoms with Gasteiger partial charge >= 0.3 is 5.97 Å². The maximum atomic E-state index is 12.0. The van der Waals surface area contributed by atoms with Gasteiger partial charge in [0.05, 0.1) is 12.8 Å². The molecule has 0 aromatic carbocycles. The standard InChI is InChI=1S/C14H21N3O3.ClH/c1-17-8-10(7-12(17)14(19)20-2)16-13(18)6-9-4-3-5-11(9)15;/h7-9,11H,3-6,15H2,1-2H3,(H,16,18);1H/t9-,11+;/m0./s1. The Balaban J connectivity index is 0.00000220. The number of esters is 1. The maximum absolute atomic E-state index is 12.0. The van der Waals surface area contributed by atoms with Gasteiger partial charge in [0.1, 0.15) is 5.69 Å². The molecule has 7 heteroatoms. The molecule has 1 saturated carbocycles. The van der Waals surface area contributed by atoms with Gasteiger partial charge in [-0.3, -0.25) is 4.79 Å². The molecule has 1 amide bonds. The molecular weight excluding hydrogens is 294 g/mol. The van der Waals surface area contributed by atoms with Crippen LogP contribution < -0.4 is 11.1 Å². The maximum Gasteiger partial charge on any atom is 0.354 e. The lowest BCUT2D eigenvalue weighted by atomic mass is 10.00. The van der Waals surface area contributed by atoms with Crippen molar-refractivity contribution in [2.75, 3.05) is 12.4 Å². The summed E-state index contributed by atoms with van der Waals surface area (Å²) in [6, 6.07) is 1.74. The first kappa shape index (κ1) is 17.5. The molecule has 2 rings (SSSR count). The molecule has 21 heavy (non-hydrogen) atoms. The Kier molecular flexibility index (Phi) is 6.23. The van der Waals surface area contributed by atoms with Crippen molar-refractivity contribution in [2.24, 2.45) is 18.7 Å². The van der Waals surface area contributed by atoms with E-state index in [2.05, 4.69) is 10.1 Å². The zero-order valence-electron chi connectivity index (χ0n) is 12.3. The van der Waals surface area contributed by atoms with Crippen molar-refractivity contribution in [3.8, 4) is 0 Å². The van der Waals surface area contributed by atoms with Crippen molar-refractivity contribution in [2.45, 2.75) is 31.7 Å². The number of nitrogens with zero attached hydrogens (tertiary/aromatic N) is 1. The summed E-state index contributed by atoms with van der Waals surface area (Å²) in [4.78, 5) is 23.5. The lowest BCUT2D eigenvalue weighted by Gasteiger charge is -2.14. The molecule has 1 heterocycles. The van der Waals surface area contributed by atoms with Gasteiger partial charge in [-0.2, -0.15) is 0 Å². The molecule has 0 aliphatic heterocycles. The molecule has 118 valence electrons. The summed E-state index contributed by atoms with van der Waals surface area (Å²) in [6.45, 7) is 0. The predicted octanol–water partition coefficient (Wildman–Crippen LogP) is 1.69. The van der Waals surface area contributed by atoms with Gasteiger partial charge in [0, 0.05) is 25.7 Å². The molecule has 0 saturated heterocycles. The molecule has 1 aromatic heterocycles. The lowest BCUT2D eigenvalue weighted by Crippen LogP contribution is -2.28. The van der Waals surface area contributed by atoms with E-state index in [0.29, 0.717) is 17.8 Å². The Morgan fingerprint density at radius 3 is 2.76 bits per heavy atom. The zero-order chi connectivity index (χ0) is 14.7. The van der Waals surface area contributed by atoms with Crippen LogP contribution in [0.15, 0.2) is 12.3 Å². The van der Waals surface area contributed by atoms with Gasteiger partial charge in [0.2, 0.25) is 5.91 Å². The Hall–Kier alpha value is -1.53. The molecule has 6 nitrogen and oxygen atoms in total. The average Bonchev–Trinajstić information content (AvgIpc) is 2.95. The van der Waals surface area contributed by atoms with Crippen LogP contribution in [0.2, 0.25) is 0 Å². The highest BCUT2D eigenvalue weighted by Gasteiger charge is 2.26. The van der Waals surface area contributed by atoms with Crippen LogP contribution in [0.1, 0.15) is 36.2 Å². The summed E-state index contributed by atoms with van der Waals surface area (Å²) in [5, 5.41) is 2.81. The molecular formula is C14H22ClN3O3. The largest absolute Gasteiger partial charge is 0.464 e. The zero-order valence-corrected chi connectivity index (χ0v) is 13.1. The minimum absolute atomic E-state index is 0. The van der Waals surface area contributed by atoms with Crippen LogP contribution >= 0.6 is 12.4 Å². The average molecular weight is 316 g/mol. The number of hydrogen-bond donors (Lipinski definition) is 2. The predicted molar refractivity (Wildman–Crippen MR) is 82.6 cm³/mol. The first-order valence-corrected chi connectivity index (χ1v) is 6.81. The number of carbonyl (C=O) groups is 2. The van der Waals surface area contributed by atoms with Crippen LogP contribution in [0.5, 0.6) is 0 Å². The second-order valence-corrected chi connectivity index (χ2v) is 5.32. The number of aryl methyl sites for hydroxylation is 1. The Morgan fingerprint density at radius 2 is 2.19 bits per heavy atom. The number of hydrogen-bond acceptors (Lipinski definition) is 4. The number of carbonyl (C=O) groups excluding carboxylic acids is 2. The molecule has 1 aromatic rings. The fourth-order valence-corrected chi connectivity index (χ4v) is 2.71. The van der Waals surface area contributed by atoms with Crippen molar-refractivity contribution in [1.29, 1.82) is 0 Å². The van der Waals surface area contributed by atoms with E-state index in [1.54, 1.807) is 23.9 Å². The molecule has 0 spiro atoms. The second kappa shape index (κ2) is 7.47. The van der Waals surface area contributed by atoms with Gasteiger partial charge in [-0.15, -0.1) is 12.4 Å². The highest BCUT2D eigenvalue weighted by atomic mass is 35.5.